The van der Waals surface area contributed by atoms with Crippen LogP contribution in [0.4, 0.5) is 5.69 Å². The van der Waals surface area contributed by atoms with Gasteiger partial charge in [0.15, 0.2) is 0 Å². The van der Waals surface area contributed by atoms with Crippen LogP contribution in [-0.4, -0.2) is 56.1 Å². The van der Waals surface area contributed by atoms with Crippen LogP contribution in [-0.2, 0) is 14.3 Å². The molecule has 0 bridgehead atoms. The summed E-state index contributed by atoms with van der Waals surface area (Å²) in [4.78, 5) is 29.1. The first-order valence-corrected chi connectivity index (χ1v) is 11.0. The molecule has 2 amide bonds. The number of amides is 2. The molecular formula is C24H30N4O4. The lowest BCUT2D eigenvalue weighted by molar-refractivity contribution is -0.125. The first kappa shape index (κ1) is 23.5. The zero-order valence-electron chi connectivity index (χ0n) is 18.5. The fourth-order valence-corrected chi connectivity index (χ4v) is 3.75. The van der Waals surface area contributed by atoms with Crippen LogP contribution in [0.2, 0.25) is 0 Å². The van der Waals surface area contributed by atoms with Crippen LogP contribution < -0.4 is 10.2 Å². The molecule has 2 heterocycles. The molecule has 1 N–H and O–H groups in total. The molecule has 8 heteroatoms. The van der Waals surface area contributed by atoms with Gasteiger partial charge in [0.1, 0.15) is 11.5 Å². The fraction of sp³-hybridized carbons (Fsp3) is 0.458. The highest BCUT2D eigenvalue weighted by Gasteiger charge is 2.26. The lowest BCUT2D eigenvalue weighted by atomic mass is 10.1. The molecule has 1 aliphatic rings. The van der Waals surface area contributed by atoms with Gasteiger partial charge < -0.3 is 19.4 Å². The Kier molecular flexibility index (Phi) is 8.84. The summed E-state index contributed by atoms with van der Waals surface area (Å²) in [5.74, 6) is 1.28. The largest absolute Gasteiger partial charge is 0.465 e. The van der Waals surface area contributed by atoms with Crippen LogP contribution in [0.1, 0.15) is 36.8 Å². The van der Waals surface area contributed by atoms with Crippen molar-refractivity contribution in [3.63, 3.8) is 0 Å². The van der Waals surface area contributed by atoms with E-state index in [2.05, 4.69) is 16.3 Å². The van der Waals surface area contributed by atoms with Gasteiger partial charge in [0.25, 0.3) is 0 Å². The van der Waals surface area contributed by atoms with Crippen LogP contribution in [0.5, 0.6) is 0 Å². The SMILES string of the molecule is Cc1ccc(C(CNC(=O)CCC(=O)N(CCC#N)c2ccccc2)N2CCOCC2)o1. The smallest absolute Gasteiger partial charge is 0.227 e. The minimum Gasteiger partial charge on any atom is -0.465 e. The summed E-state index contributed by atoms with van der Waals surface area (Å²) < 4.78 is 11.3. The number of benzene rings is 1. The number of hydrogen-bond acceptors (Lipinski definition) is 6. The number of hydrogen-bond donors (Lipinski definition) is 1. The maximum absolute atomic E-state index is 12.8. The van der Waals surface area contributed by atoms with Crippen molar-refractivity contribution in [2.75, 3.05) is 44.3 Å². The Hall–Kier alpha value is -3.15. The molecule has 0 saturated carbocycles. The Bertz CT molecular complexity index is 916. The summed E-state index contributed by atoms with van der Waals surface area (Å²) in [6, 6.07) is 15.1. The average molecular weight is 439 g/mol. The molecule has 1 aromatic carbocycles. The van der Waals surface area contributed by atoms with E-state index in [0.29, 0.717) is 26.3 Å². The third kappa shape index (κ3) is 6.67. The molecule has 32 heavy (non-hydrogen) atoms. The van der Waals surface area contributed by atoms with Crippen molar-refractivity contribution in [2.45, 2.75) is 32.2 Å². The van der Waals surface area contributed by atoms with Crippen molar-refractivity contribution in [2.24, 2.45) is 0 Å². The van der Waals surface area contributed by atoms with E-state index in [0.717, 1.165) is 30.3 Å². The van der Waals surface area contributed by atoms with Gasteiger partial charge in [0, 0.05) is 44.7 Å². The second-order valence-electron chi connectivity index (χ2n) is 7.71. The van der Waals surface area contributed by atoms with Crippen molar-refractivity contribution < 1.29 is 18.7 Å². The van der Waals surface area contributed by atoms with E-state index in [-0.39, 0.29) is 37.1 Å². The Balaban J connectivity index is 1.55. The predicted molar refractivity (Wildman–Crippen MR) is 120 cm³/mol. The van der Waals surface area contributed by atoms with Crippen LogP contribution >= 0.6 is 0 Å². The summed E-state index contributed by atoms with van der Waals surface area (Å²) in [5, 5.41) is 11.9. The van der Waals surface area contributed by atoms with Gasteiger partial charge in [-0.3, -0.25) is 14.5 Å². The normalized spacial score (nSPS) is 15.0. The summed E-state index contributed by atoms with van der Waals surface area (Å²) >= 11 is 0. The molecular weight excluding hydrogens is 408 g/mol. The number of rotatable bonds is 10. The van der Waals surface area contributed by atoms with Gasteiger partial charge in [-0.25, -0.2) is 0 Å². The molecule has 1 atom stereocenters. The number of para-hydroxylation sites is 1. The van der Waals surface area contributed by atoms with Crippen molar-refractivity contribution in [3.05, 3.63) is 54.0 Å². The third-order valence-electron chi connectivity index (χ3n) is 5.45. The zero-order valence-corrected chi connectivity index (χ0v) is 18.5. The summed E-state index contributed by atoms with van der Waals surface area (Å²) in [7, 11) is 0. The first-order valence-electron chi connectivity index (χ1n) is 11.0. The number of nitrogens with one attached hydrogen (secondary N) is 1. The van der Waals surface area contributed by atoms with Crippen LogP contribution in [0.25, 0.3) is 0 Å². The number of nitriles is 1. The number of anilines is 1. The van der Waals surface area contributed by atoms with E-state index < -0.39 is 0 Å². The minimum atomic E-state index is -0.187. The number of carbonyl (C=O) groups excluding carboxylic acids is 2. The van der Waals surface area contributed by atoms with Crippen molar-refractivity contribution >= 4 is 17.5 Å². The molecule has 3 rings (SSSR count). The van der Waals surface area contributed by atoms with Crippen molar-refractivity contribution in [3.8, 4) is 6.07 Å². The quantitative estimate of drug-likeness (QED) is 0.612. The number of morpholine rings is 1. The van der Waals surface area contributed by atoms with Gasteiger partial charge in [-0.15, -0.1) is 0 Å². The van der Waals surface area contributed by atoms with E-state index in [1.807, 2.05) is 49.4 Å². The molecule has 170 valence electrons. The number of ether oxygens (including phenoxy) is 1. The molecule has 1 saturated heterocycles. The van der Waals surface area contributed by atoms with Gasteiger partial charge in [-0.2, -0.15) is 5.26 Å². The van der Waals surface area contributed by atoms with Gasteiger partial charge in [-0.1, -0.05) is 18.2 Å². The second-order valence-corrected chi connectivity index (χ2v) is 7.71. The molecule has 0 aliphatic carbocycles. The van der Waals surface area contributed by atoms with E-state index >= 15 is 0 Å². The second kappa shape index (κ2) is 12.0. The molecule has 2 aromatic rings. The molecule has 1 aromatic heterocycles. The van der Waals surface area contributed by atoms with Gasteiger partial charge in [0.05, 0.1) is 31.7 Å². The first-order chi connectivity index (χ1) is 15.6. The topological polar surface area (TPSA) is 98.8 Å². The minimum absolute atomic E-state index is 0.0776. The third-order valence-corrected chi connectivity index (χ3v) is 5.45. The maximum atomic E-state index is 12.8. The van der Waals surface area contributed by atoms with Crippen LogP contribution in [0.3, 0.4) is 0 Å². The average Bonchev–Trinajstić information content (AvgIpc) is 3.25. The number of carbonyl (C=O) groups is 2. The standard InChI is InChI=1S/C24H30N4O4/c1-19-8-9-22(32-19)21(27-14-16-31-17-15-27)18-26-23(29)10-11-24(30)28(13-5-12-25)20-6-3-2-4-7-20/h2-4,6-9,21H,5,10-11,13-18H2,1H3,(H,26,29). The lowest BCUT2D eigenvalue weighted by Gasteiger charge is -2.33. The van der Waals surface area contributed by atoms with Crippen LogP contribution in [0.15, 0.2) is 46.9 Å². The fourth-order valence-electron chi connectivity index (χ4n) is 3.75. The Labute approximate surface area is 188 Å². The monoisotopic (exact) mass is 438 g/mol. The number of furan rings is 1. The maximum Gasteiger partial charge on any atom is 0.227 e. The molecule has 0 spiro atoms. The Morgan fingerprint density at radius 2 is 1.91 bits per heavy atom. The lowest BCUT2D eigenvalue weighted by Crippen LogP contribution is -2.43. The van der Waals surface area contributed by atoms with Gasteiger partial charge in [0.2, 0.25) is 11.8 Å². The van der Waals surface area contributed by atoms with E-state index in [9.17, 15) is 9.59 Å². The van der Waals surface area contributed by atoms with Gasteiger partial charge >= 0.3 is 0 Å². The predicted octanol–water partition coefficient (Wildman–Crippen LogP) is 2.80. The summed E-state index contributed by atoms with van der Waals surface area (Å²) in [6.45, 7) is 5.43. The number of nitrogens with zero attached hydrogens (tertiary/aromatic N) is 3. The number of aryl methyl sites for hydroxylation is 1. The highest BCUT2D eigenvalue weighted by Crippen LogP contribution is 2.23. The molecule has 8 nitrogen and oxygen atoms in total. The van der Waals surface area contributed by atoms with Crippen molar-refractivity contribution in [1.29, 1.82) is 5.26 Å². The van der Waals surface area contributed by atoms with Crippen molar-refractivity contribution in [1.82, 2.24) is 10.2 Å². The molecule has 1 unspecified atom stereocenters. The summed E-state index contributed by atoms with van der Waals surface area (Å²) in [5.41, 5.74) is 0.730. The summed E-state index contributed by atoms with van der Waals surface area (Å²) in [6.07, 6.45) is 0.395. The molecule has 0 radical (unpaired) electrons. The molecule has 1 aliphatic heterocycles. The van der Waals surface area contributed by atoms with E-state index in [4.69, 9.17) is 14.4 Å². The highest BCUT2D eigenvalue weighted by atomic mass is 16.5. The van der Waals surface area contributed by atoms with Gasteiger partial charge in [-0.05, 0) is 31.2 Å². The Morgan fingerprint density at radius 1 is 1.16 bits per heavy atom. The molecule has 1 fully saturated rings. The van der Waals surface area contributed by atoms with E-state index in [1.165, 1.54) is 0 Å². The van der Waals surface area contributed by atoms with Crippen LogP contribution in [0, 0.1) is 18.3 Å². The highest BCUT2D eigenvalue weighted by molar-refractivity contribution is 5.95. The van der Waals surface area contributed by atoms with E-state index in [1.54, 1.807) is 4.90 Å². The zero-order chi connectivity index (χ0) is 22.8. The Morgan fingerprint density at radius 3 is 2.56 bits per heavy atom.